The number of methoxy groups -OCH3 is 2. The Labute approximate surface area is 146 Å². The highest BCUT2D eigenvalue weighted by Gasteiger charge is 2.20. The van der Waals surface area contributed by atoms with Crippen molar-refractivity contribution < 1.29 is 19.0 Å². The van der Waals surface area contributed by atoms with E-state index >= 15 is 0 Å². The molecule has 0 radical (unpaired) electrons. The fourth-order valence-electron chi connectivity index (χ4n) is 2.97. The van der Waals surface area contributed by atoms with E-state index in [1.165, 1.54) is 7.11 Å². The number of fused-ring (bicyclic) bond motifs is 1. The summed E-state index contributed by atoms with van der Waals surface area (Å²) >= 11 is 0. The Kier molecular flexibility index (Phi) is 4.89. The van der Waals surface area contributed by atoms with Gasteiger partial charge in [0.1, 0.15) is 23.7 Å². The second-order valence-electron chi connectivity index (χ2n) is 5.70. The van der Waals surface area contributed by atoms with Crippen LogP contribution in [0.1, 0.15) is 21.5 Å². The molecule has 0 fully saturated rings. The number of carbonyl (C=O) groups excluding carboxylic acids is 1. The largest absolute Gasteiger partial charge is 0.496 e. The standard InChI is InChI=1S/C21H20O4/c1-14-19-16(12-18(23-2)20(14)21(22)24-3)10-7-11-17(19)25-13-15-8-5-4-6-9-15/h4-12H,13H2,1-3H3. The lowest BCUT2D eigenvalue weighted by atomic mass is 9.98. The summed E-state index contributed by atoms with van der Waals surface area (Å²) in [6.45, 7) is 2.34. The molecule has 0 unspecified atom stereocenters. The van der Waals surface area contributed by atoms with Gasteiger partial charge in [0.2, 0.25) is 0 Å². The zero-order valence-electron chi connectivity index (χ0n) is 14.5. The van der Waals surface area contributed by atoms with Crippen molar-refractivity contribution in [3.63, 3.8) is 0 Å². The predicted molar refractivity (Wildman–Crippen MR) is 97.4 cm³/mol. The van der Waals surface area contributed by atoms with Crippen LogP contribution in [0, 0.1) is 6.92 Å². The molecule has 0 aliphatic heterocycles. The van der Waals surface area contributed by atoms with Crippen LogP contribution in [0.2, 0.25) is 0 Å². The number of ether oxygens (including phenoxy) is 3. The molecule has 4 heteroatoms. The number of hydrogen-bond acceptors (Lipinski definition) is 4. The molecule has 0 saturated carbocycles. The normalized spacial score (nSPS) is 10.5. The first-order chi connectivity index (χ1) is 12.2. The Morgan fingerprint density at radius 3 is 2.40 bits per heavy atom. The second-order valence-corrected chi connectivity index (χ2v) is 5.70. The minimum Gasteiger partial charge on any atom is -0.496 e. The summed E-state index contributed by atoms with van der Waals surface area (Å²) in [5.74, 6) is 0.804. The highest BCUT2D eigenvalue weighted by atomic mass is 16.5. The molecule has 25 heavy (non-hydrogen) atoms. The average Bonchev–Trinajstić information content (AvgIpc) is 2.66. The monoisotopic (exact) mass is 336 g/mol. The third kappa shape index (κ3) is 3.29. The van der Waals surface area contributed by atoms with E-state index in [2.05, 4.69) is 0 Å². The summed E-state index contributed by atoms with van der Waals surface area (Å²) < 4.78 is 16.3. The Balaban J connectivity index is 2.09. The maximum Gasteiger partial charge on any atom is 0.341 e. The molecule has 0 N–H and O–H groups in total. The van der Waals surface area contributed by atoms with Crippen molar-refractivity contribution in [3.8, 4) is 11.5 Å². The van der Waals surface area contributed by atoms with Crippen molar-refractivity contribution in [2.24, 2.45) is 0 Å². The quantitative estimate of drug-likeness (QED) is 0.643. The van der Waals surface area contributed by atoms with Crippen LogP contribution in [-0.2, 0) is 11.3 Å². The molecule has 3 aromatic carbocycles. The van der Waals surface area contributed by atoms with Crippen LogP contribution in [-0.4, -0.2) is 20.2 Å². The molecule has 0 aromatic heterocycles. The third-order valence-corrected chi connectivity index (χ3v) is 4.19. The van der Waals surface area contributed by atoms with Crippen LogP contribution in [0.4, 0.5) is 0 Å². The van der Waals surface area contributed by atoms with Gasteiger partial charge in [0.05, 0.1) is 14.2 Å². The molecular formula is C21H20O4. The highest BCUT2D eigenvalue weighted by Crippen LogP contribution is 2.36. The van der Waals surface area contributed by atoms with Crippen molar-refractivity contribution in [1.82, 2.24) is 0 Å². The van der Waals surface area contributed by atoms with E-state index in [1.54, 1.807) is 7.11 Å². The van der Waals surface area contributed by atoms with Crippen LogP contribution in [0.25, 0.3) is 10.8 Å². The smallest absolute Gasteiger partial charge is 0.341 e. The number of rotatable bonds is 5. The SMILES string of the molecule is COC(=O)c1c(OC)cc2cccc(OCc3ccccc3)c2c1C. The van der Waals surface area contributed by atoms with E-state index in [0.717, 1.165) is 27.6 Å². The van der Waals surface area contributed by atoms with Crippen LogP contribution < -0.4 is 9.47 Å². The van der Waals surface area contributed by atoms with E-state index in [0.29, 0.717) is 17.9 Å². The van der Waals surface area contributed by atoms with Crippen molar-refractivity contribution in [1.29, 1.82) is 0 Å². The summed E-state index contributed by atoms with van der Waals surface area (Å²) in [7, 11) is 2.91. The minimum absolute atomic E-state index is 0.422. The molecule has 4 nitrogen and oxygen atoms in total. The van der Waals surface area contributed by atoms with Gasteiger partial charge in [-0.05, 0) is 35.6 Å². The molecule has 0 saturated heterocycles. The number of esters is 1. The van der Waals surface area contributed by atoms with Gasteiger partial charge >= 0.3 is 5.97 Å². The van der Waals surface area contributed by atoms with Gasteiger partial charge in [-0.25, -0.2) is 4.79 Å². The molecule has 0 aliphatic carbocycles. The Bertz CT molecular complexity index is 901. The Hall–Kier alpha value is -3.01. The molecule has 0 spiro atoms. The molecule has 0 bridgehead atoms. The van der Waals surface area contributed by atoms with Gasteiger partial charge in [0.15, 0.2) is 0 Å². The van der Waals surface area contributed by atoms with Crippen LogP contribution in [0.15, 0.2) is 54.6 Å². The zero-order chi connectivity index (χ0) is 17.8. The lowest BCUT2D eigenvalue weighted by Gasteiger charge is -2.16. The minimum atomic E-state index is -0.422. The average molecular weight is 336 g/mol. The van der Waals surface area contributed by atoms with Crippen molar-refractivity contribution in [2.45, 2.75) is 13.5 Å². The number of aryl methyl sites for hydroxylation is 1. The van der Waals surface area contributed by atoms with Crippen molar-refractivity contribution in [3.05, 3.63) is 71.3 Å². The molecule has 0 heterocycles. The van der Waals surface area contributed by atoms with Gasteiger partial charge in [-0.2, -0.15) is 0 Å². The number of carbonyl (C=O) groups is 1. The van der Waals surface area contributed by atoms with Gasteiger partial charge in [0, 0.05) is 5.39 Å². The van der Waals surface area contributed by atoms with E-state index in [9.17, 15) is 4.79 Å². The molecule has 128 valence electrons. The first-order valence-corrected chi connectivity index (χ1v) is 8.01. The summed E-state index contributed by atoms with van der Waals surface area (Å²) in [6.07, 6.45) is 0. The Morgan fingerprint density at radius 2 is 1.72 bits per heavy atom. The molecule has 0 atom stereocenters. The number of hydrogen-bond donors (Lipinski definition) is 0. The van der Waals surface area contributed by atoms with E-state index in [-0.39, 0.29) is 0 Å². The van der Waals surface area contributed by atoms with Crippen molar-refractivity contribution >= 4 is 16.7 Å². The third-order valence-electron chi connectivity index (χ3n) is 4.19. The van der Waals surface area contributed by atoms with Gasteiger partial charge < -0.3 is 14.2 Å². The Morgan fingerprint density at radius 1 is 0.960 bits per heavy atom. The maximum absolute atomic E-state index is 12.2. The first-order valence-electron chi connectivity index (χ1n) is 8.01. The zero-order valence-corrected chi connectivity index (χ0v) is 14.5. The van der Waals surface area contributed by atoms with Crippen LogP contribution in [0.3, 0.4) is 0 Å². The van der Waals surface area contributed by atoms with Gasteiger partial charge in [0.25, 0.3) is 0 Å². The lowest BCUT2D eigenvalue weighted by Crippen LogP contribution is -2.07. The van der Waals surface area contributed by atoms with Gasteiger partial charge in [-0.3, -0.25) is 0 Å². The van der Waals surface area contributed by atoms with E-state index in [4.69, 9.17) is 14.2 Å². The second kappa shape index (κ2) is 7.26. The van der Waals surface area contributed by atoms with E-state index in [1.807, 2.05) is 61.5 Å². The molecule has 0 aliphatic rings. The summed E-state index contributed by atoms with van der Waals surface area (Å²) in [5, 5.41) is 1.84. The first kappa shape index (κ1) is 16.8. The fourth-order valence-corrected chi connectivity index (χ4v) is 2.97. The fraction of sp³-hybridized carbons (Fsp3) is 0.190. The lowest BCUT2D eigenvalue weighted by molar-refractivity contribution is 0.0596. The van der Waals surface area contributed by atoms with Crippen LogP contribution in [0.5, 0.6) is 11.5 Å². The molecule has 3 rings (SSSR count). The molecular weight excluding hydrogens is 316 g/mol. The molecule has 0 amide bonds. The van der Waals surface area contributed by atoms with Crippen LogP contribution >= 0.6 is 0 Å². The molecule has 3 aromatic rings. The summed E-state index contributed by atoms with van der Waals surface area (Å²) in [6, 6.07) is 17.6. The number of benzene rings is 3. The highest BCUT2D eigenvalue weighted by molar-refractivity contribution is 6.03. The van der Waals surface area contributed by atoms with Gasteiger partial charge in [-0.1, -0.05) is 42.5 Å². The topological polar surface area (TPSA) is 44.8 Å². The predicted octanol–water partition coefficient (Wildman–Crippen LogP) is 4.52. The van der Waals surface area contributed by atoms with Gasteiger partial charge in [-0.15, -0.1) is 0 Å². The maximum atomic E-state index is 12.2. The summed E-state index contributed by atoms with van der Waals surface area (Å²) in [5.41, 5.74) is 2.29. The van der Waals surface area contributed by atoms with Crippen molar-refractivity contribution in [2.75, 3.05) is 14.2 Å². The van der Waals surface area contributed by atoms with E-state index < -0.39 is 5.97 Å². The summed E-state index contributed by atoms with van der Waals surface area (Å²) in [4.78, 5) is 12.2.